The first-order chi connectivity index (χ1) is 17.4. The van der Waals surface area contributed by atoms with Gasteiger partial charge in [-0.1, -0.05) is 18.2 Å². The number of hydrogen-bond donors (Lipinski definition) is 3. The van der Waals surface area contributed by atoms with E-state index in [2.05, 4.69) is 25.6 Å². The van der Waals surface area contributed by atoms with Crippen LogP contribution in [-0.2, 0) is 16.0 Å². The fraction of sp³-hybridized carbons (Fsp3) is 0.148. The monoisotopic (exact) mass is 483 g/mol. The van der Waals surface area contributed by atoms with E-state index in [1.807, 2.05) is 19.1 Å². The van der Waals surface area contributed by atoms with Crippen LogP contribution >= 0.6 is 0 Å². The topological polar surface area (TPSA) is 126 Å². The summed E-state index contributed by atoms with van der Waals surface area (Å²) in [5, 5.41) is 15.4. The van der Waals surface area contributed by atoms with E-state index in [-0.39, 0.29) is 12.2 Å². The van der Waals surface area contributed by atoms with Gasteiger partial charge in [-0.2, -0.15) is 0 Å². The van der Waals surface area contributed by atoms with Gasteiger partial charge in [0, 0.05) is 41.8 Å². The second-order valence-electron chi connectivity index (χ2n) is 8.08. The number of phenols is 1. The van der Waals surface area contributed by atoms with Crippen LogP contribution in [0.25, 0.3) is 11.3 Å². The molecule has 0 fully saturated rings. The summed E-state index contributed by atoms with van der Waals surface area (Å²) in [6, 6.07) is 16.2. The molecule has 0 aliphatic rings. The number of benzene rings is 2. The van der Waals surface area contributed by atoms with Crippen molar-refractivity contribution in [2.45, 2.75) is 19.4 Å². The molecule has 3 N–H and O–H groups in total. The molecule has 2 aromatic heterocycles. The fourth-order valence-corrected chi connectivity index (χ4v) is 3.56. The Balaban J connectivity index is 1.52. The number of rotatable bonds is 8. The van der Waals surface area contributed by atoms with E-state index in [0.717, 1.165) is 16.7 Å². The zero-order valence-electron chi connectivity index (χ0n) is 19.8. The molecular weight excluding hydrogens is 458 g/mol. The molecule has 0 saturated heterocycles. The minimum atomic E-state index is -0.899. The number of nitrogens with zero attached hydrogens (tertiary/aromatic N) is 3. The standard InChI is InChI=1S/C27H25N5O4/c1-17-5-8-19(25(34)30-24(26(35)36-2)14-18-6-9-21(33)10-7-18)15-23(17)32-27-29-13-11-22(31-27)20-4-3-12-28-16-20/h3-13,15-16,24,33H,14H2,1-2H3,(H,30,34)(H,29,31,32)/t24-/m0/s1. The first-order valence-corrected chi connectivity index (χ1v) is 11.2. The number of nitrogens with one attached hydrogen (secondary N) is 2. The van der Waals surface area contributed by atoms with Gasteiger partial charge in [-0.25, -0.2) is 14.8 Å². The minimum absolute atomic E-state index is 0.118. The maximum Gasteiger partial charge on any atom is 0.328 e. The Kier molecular flexibility index (Phi) is 7.50. The molecule has 9 heteroatoms. The quantitative estimate of drug-likeness (QED) is 0.323. The van der Waals surface area contributed by atoms with Crippen LogP contribution in [0.1, 0.15) is 21.5 Å². The summed E-state index contributed by atoms with van der Waals surface area (Å²) in [5.74, 6) is -0.511. The van der Waals surface area contributed by atoms with Gasteiger partial charge in [-0.05, 0) is 60.5 Å². The van der Waals surface area contributed by atoms with Gasteiger partial charge in [0.1, 0.15) is 11.8 Å². The van der Waals surface area contributed by atoms with Crippen LogP contribution in [0.4, 0.5) is 11.6 Å². The van der Waals surface area contributed by atoms with Crippen molar-refractivity contribution in [2.24, 2.45) is 0 Å². The molecule has 1 atom stereocenters. The maximum atomic E-state index is 13.1. The molecule has 9 nitrogen and oxygen atoms in total. The molecule has 0 radical (unpaired) electrons. The van der Waals surface area contributed by atoms with Gasteiger partial charge in [-0.3, -0.25) is 9.78 Å². The third kappa shape index (κ3) is 6.01. The van der Waals surface area contributed by atoms with Crippen LogP contribution in [0.5, 0.6) is 5.75 Å². The highest BCUT2D eigenvalue weighted by Crippen LogP contribution is 2.22. The van der Waals surface area contributed by atoms with Crippen molar-refractivity contribution in [3.8, 4) is 17.0 Å². The van der Waals surface area contributed by atoms with E-state index in [0.29, 0.717) is 22.9 Å². The minimum Gasteiger partial charge on any atom is -0.508 e. The Morgan fingerprint density at radius 1 is 1.06 bits per heavy atom. The van der Waals surface area contributed by atoms with Crippen molar-refractivity contribution in [3.63, 3.8) is 0 Å². The molecule has 0 saturated carbocycles. The van der Waals surface area contributed by atoms with Crippen molar-refractivity contribution in [2.75, 3.05) is 12.4 Å². The Hall–Kier alpha value is -4.79. The van der Waals surface area contributed by atoms with Gasteiger partial charge < -0.3 is 20.5 Å². The number of esters is 1. The normalized spacial score (nSPS) is 11.4. The molecule has 0 aliphatic carbocycles. The van der Waals surface area contributed by atoms with E-state index in [1.54, 1.807) is 55.0 Å². The number of hydrogen-bond acceptors (Lipinski definition) is 8. The summed E-state index contributed by atoms with van der Waals surface area (Å²) in [5.41, 5.74) is 4.22. The Labute approximate surface area is 208 Å². The molecule has 182 valence electrons. The third-order valence-electron chi connectivity index (χ3n) is 5.53. The predicted molar refractivity (Wildman–Crippen MR) is 135 cm³/mol. The summed E-state index contributed by atoms with van der Waals surface area (Å²) >= 11 is 0. The number of phenolic OH excluding ortho intramolecular Hbond substituents is 1. The molecule has 2 heterocycles. The van der Waals surface area contributed by atoms with E-state index in [4.69, 9.17) is 4.74 Å². The van der Waals surface area contributed by atoms with Crippen LogP contribution in [0.3, 0.4) is 0 Å². The molecule has 0 spiro atoms. The van der Waals surface area contributed by atoms with E-state index < -0.39 is 17.9 Å². The highest BCUT2D eigenvalue weighted by molar-refractivity contribution is 5.98. The molecule has 1 amide bonds. The smallest absolute Gasteiger partial charge is 0.328 e. The molecular formula is C27H25N5O4. The second kappa shape index (κ2) is 11.1. The second-order valence-corrected chi connectivity index (χ2v) is 8.08. The first-order valence-electron chi connectivity index (χ1n) is 11.2. The highest BCUT2D eigenvalue weighted by atomic mass is 16.5. The number of ether oxygens (including phenoxy) is 1. The third-order valence-corrected chi connectivity index (χ3v) is 5.53. The van der Waals surface area contributed by atoms with Crippen molar-refractivity contribution in [1.29, 1.82) is 0 Å². The average Bonchev–Trinajstić information content (AvgIpc) is 2.91. The zero-order chi connectivity index (χ0) is 25.5. The summed E-state index contributed by atoms with van der Waals surface area (Å²) in [7, 11) is 1.27. The maximum absolute atomic E-state index is 13.1. The van der Waals surface area contributed by atoms with Crippen LogP contribution in [0.2, 0.25) is 0 Å². The zero-order valence-corrected chi connectivity index (χ0v) is 19.8. The molecule has 0 bridgehead atoms. The SMILES string of the molecule is COC(=O)[C@H](Cc1ccc(O)cc1)NC(=O)c1ccc(C)c(Nc2nccc(-c3cccnc3)n2)c1. The molecule has 0 unspecified atom stereocenters. The average molecular weight is 484 g/mol. The number of carbonyl (C=O) groups is 2. The van der Waals surface area contributed by atoms with Crippen LogP contribution in [0, 0.1) is 6.92 Å². The van der Waals surface area contributed by atoms with Crippen LogP contribution in [-0.4, -0.2) is 45.1 Å². The molecule has 4 aromatic rings. The van der Waals surface area contributed by atoms with Crippen molar-refractivity contribution in [1.82, 2.24) is 20.3 Å². The Morgan fingerprint density at radius 2 is 1.86 bits per heavy atom. The number of anilines is 2. The Bertz CT molecular complexity index is 1360. The van der Waals surface area contributed by atoms with Gasteiger partial charge in [0.25, 0.3) is 5.91 Å². The summed E-state index contributed by atoms with van der Waals surface area (Å²) in [6.45, 7) is 1.90. The summed E-state index contributed by atoms with van der Waals surface area (Å²) in [6.07, 6.45) is 5.27. The highest BCUT2D eigenvalue weighted by Gasteiger charge is 2.23. The van der Waals surface area contributed by atoms with Crippen LogP contribution < -0.4 is 10.6 Å². The molecule has 36 heavy (non-hydrogen) atoms. The number of pyridine rings is 1. The lowest BCUT2D eigenvalue weighted by Gasteiger charge is -2.17. The molecule has 2 aromatic carbocycles. The number of aromatic nitrogens is 3. The van der Waals surface area contributed by atoms with Gasteiger partial charge in [0.2, 0.25) is 5.95 Å². The van der Waals surface area contributed by atoms with Crippen molar-refractivity contribution >= 4 is 23.5 Å². The van der Waals surface area contributed by atoms with Crippen molar-refractivity contribution in [3.05, 3.63) is 95.9 Å². The summed E-state index contributed by atoms with van der Waals surface area (Å²) in [4.78, 5) is 38.4. The molecule has 4 rings (SSSR count). The number of aryl methyl sites for hydroxylation is 1. The lowest BCUT2D eigenvalue weighted by molar-refractivity contribution is -0.142. The number of carbonyl (C=O) groups excluding carboxylic acids is 2. The lowest BCUT2D eigenvalue weighted by Crippen LogP contribution is -2.43. The number of methoxy groups -OCH3 is 1. The molecule has 0 aliphatic heterocycles. The van der Waals surface area contributed by atoms with Gasteiger partial charge in [0.05, 0.1) is 12.8 Å². The number of amides is 1. The van der Waals surface area contributed by atoms with Gasteiger partial charge in [-0.15, -0.1) is 0 Å². The predicted octanol–water partition coefficient (Wildman–Crippen LogP) is 3.81. The van der Waals surface area contributed by atoms with Gasteiger partial charge >= 0.3 is 5.97 Å². The Morgan fingerprint density at radius 3 is 2.58 bits per heavy atom. The number of aromatic hydroxyl groups is 1. The first kappa shape index (κ1) is 24.3. The lowest BCUT2D eigenvalue weighted by atomic mass is 10.0. The largest absolute Gasteiger partial charge is 0.508 e. The fourth-order valence-electron chi connectivity index (χ4n) is 3.56. The van der Waals surface area contributed by atoms with E-state index in [9.17, 15) is 14.7 Å². The summed E-state index contributed by atoms with van der Waals surface area (Å²) < 4.78 is 4.88. The van der Waals surface area contributed by atoms with E-state index in [1.165, 1.54) is 19.2 Å². The van der Waals surface area contributed by atoms with E-state index >= 15 is 0 Å². The van der Waals surface area contributed by atoms with Gasteiger partial charge in [0.15, 0.2) is 0 Å². The van der Waals surface area contributed by atoms with Crippen LogP contribution in [0.15, 0.2) is 79.3 Å². The van der Waals surface area contributed by atoms with Crippen molar-refractivity contribution < 1.29 is 19.4 Å².